The lowest BCUT2D eigenvalue weighted by molar-refractivity contribution is 0.281. The highest BCUT2D eigenvalue weighted by atomic mass is 35.5. The molecular weight excluding hydrogens is 244 g/mol. The summed E-state index contributed by atoms with van der Waals surface area (Å²) in [6, 6.07) is 11.2. The van der Waals surface area contributed by atoms with Crippen LogP contribution in [0.1, 0.15) is 10.4 Å². The van der Waals surface area contributed by atoms with Gasteiger partial charge in [0.2, 0.25) is 0 Å². The van der Waals surface area contributed by atoms with E-state index in [1.54, 1.807) is 0 Å². The highest BCUT2D eigenvalue weighted by Crippen LogP contribution is 2.23. The Kier molecular flexibility index (Phi) is 3.83. The molecular formula is C12H11ClO2S. The topological polar surface area (TPSA) is 29.5 Å². The number of ether oxygens (including phenoxy) is 1. The third kappa shape index (κ3) is 2.98. The first-order chi connectivity index (χ1) is 7.78. The molecule has 0 aliphatic rings. The van der Waals surface area contributed by atoms with Crippen molar-refractivity contribution >= 4 is 22.9 Å². The van der Waals surface area contributed by atoms with Gasteiger partial charge in [0.1, 0.15) is 12.4 Å². The Labute approximate surface area is 103 Å². The van der Waals surface area contributed by atoms with Crippen molar-refractivity contribution in [1.82, 2.24) is 0 Å². The van der Waals surface area contributed by atoms with Crippen molar-refractivity contribution in [3.8, 4) is 5.75 Å². The zero-order chi connectivity index (χ0) is 11.4. The molecule has 0 atom stereocenters. The summed E-state index contributed by atoms with van der Waals surface area (Å²) in [5.41, 5.74) is 0.881. The minimum absolute atomic E-state index is 0.0564. The summed E-state index contributed by atoms with van der Waals surface area (Å²) in [7, 11) is 0. The van der Waals surface area contributed by atoms with Gasteiger partial charge in [-0.05, 0) is 29.8 Å². The summed E-state index contributed by atoms with van der Waals surface area (Å²) < 4.78 is 6.35. The molecule has 0 fully saturated rings. The second-order valence-corrected chi connectivity index (χ2v) is 5.10. The first-order valence-electron chi connectivity index (χ1n) is 4.85. The molecule has 1 N–H and O–H groups in total. The largest absolute Gasteiger partial charge is 0.488 e. The van der Waals surface area contributed by atoms with Gasteiger partial charge < -0.3 is 9.84 Å². The molecule has 1 aromatic carbocycles. The van der Waals surface area contributed by atoms with Crippen molar-refractivity contribution in [1.29, 1.82) is 0 Å². The lowest BCUT2D eigenvalue weighted by Crippen LogP contribution is -1.92. The predicted molar refractivity (Wildman–Crippen MR) is 66.0 cm³/mol. The van der Waals surface area contributed by atoms with E-state index in [2.05, 4.69) is 0 Å². The summed E-state index contributed by atoms with van der Waals surface area (Å²) >= 11 is 7.33. The van der Waals surface area contributed by atoms with Crippen molar-refractivity contribution in [2.45, 2.75) is 13.2 Å². The Balaban J connectivity index is 1.94. The van der Waals surface area contributed by atoms with Crippen LogP contribution in [-0.4, -0.2) is 5.11 Å². The Hall–Kier alpha value is -1.03. The van der Waals surface area contributed by atoms with E-state index < -0.39 is 0 Å². The van der Waals surface area contributed by atoms with Gasteiger partial charge in [0, 0.05) is 4.88 Å². The summed E-state index contributed by atoms with van der Waals surface area (Å²) in [5.74, 6) is 0.793. The minimum Gasteiger partial charge on any atom is -0.488 e. The fraction of sp³-hybridized carbons (Fsp3) is 0.167. The number of aliphatic hydroxyl groups is 1. The van der Waals surface area contributed by atoms with Gasteiger partial charge >= 0.3 is 0 Å². The Bertz CT molecular complexity index is 450. The first-order valence-corrected chi connectivity index (χ1v) is 6.04. The standard InChI is InChI=1S/C12H11ClO2S/c13-12-6-5-11(16-12)8-15-10-3-1-9(7-14)2-4-10/h1-6,14H,7-8H2. The zero-order valence-electron chi connectivity index (χ0n) is 8.52. The average molecular weight is 255 g/mol. The maximum absolute atomic E-state index is 8.89. The van der Waals surface area contributed by atoms with E-state index >= 15 is 0 Å². The van der Waals surface area contributed by atoms with E-state index in [0.29, 0.717) is 6.61 Å². The fourth-order valence-electron chi connectivity index (χ4n) is 1.27. The van der Waals surface area contributed by atoms with Crippen molar-refractivity contribution < 1.29 is 9.84 Å². The number of hydrogen-bond acceptors (Lipinski definition) is 3. The van der Waals surface area contributed by atoms with Crippen LogP contribution in [0.5, 0.6) is 5.75 Å². The van der Waals surface area contributed by atoms with Gasteiger partial charge in [0.05, 0.1) is 10.9 Å². The van der Waals surface area contributed by atoms with Gasteiger partial charge in [-0.25, -0.2) is 0 Å². The number of halogens is 1. The van der Waals surface area contributed by atoms with Crippen LogP contribution >= 0.6 is 22.9 Å². The molecule has 1 heterocycles. The second-order valence-electron chi connectivity index (χ2n) is 3.30. The van der Waals surface area contributed by atoms with Crippen LogP contribution in [0.2, 0.25) is 4.34 Å². The van der Waals surface area contributed by atoms with Crippen LogP contribution in [0.4, 0.5) is 0 Å². The number of aliphatic hydroxyl groups excluding tert-OH is 1. The van der Waals surface area contributed by atoms with Gasteiger partial charge in [-0.3, -0.25) is 0 Å². The lowest BCUT2D eigenvalue weighted by atomic mass is 10.2. The molecule has 0 aliphatic heterocycles. The molecule has 2 nitrogen and oxygen atoms in total. The Morgan fingerprint density at radius 3 is 2.44 bits per heavy atom. The van der Waals surface area contributed by atoms with Crippen LogP contribution in [0, 0.1) is 0 Å². The van der Waals surface area contributed by atoms with Crippen LogP contribution in [0.3, 0.4) is 0 Å². The van der Waals surface area contributed by atoms with Crippen LogP contribution in [0.25, 0.3) is 0 Å². The van der Waals surface area contributed by atoms with Gasteiger partial charge in [-0.15, -0.1) is 11.3 Å². The van der Waals surface area contributed by atoms with Crippen LogP contribution < -0.4 is 4.74 Å². The number of rotatable bonds is 4. The fourth-order valence-corrected chi connectivity index (χ4v) is 2.28. The third-order valence-corrected chi connectivity index (χ3v) is 3.32. The molecule has 0 amide bonds. The van der Waals surface area contributed by atoms with Crippen LogP contribution in [0.15, 0.2) is 36.4 Å². The van der Waals surface area contributed by atoms with Crippen molar-refractivity contribution in [3.63, 3.8) is 0 Å². The van der Waals surface area contributed by atoms with E-state index in [9.17, 15) is 0 Å². The Morgan fingerprint density at radius 1 is 1.12 bits per heavy atom. The Morgan fingerprint density at radius 2 is 1.88 bits per heavy atom. The number of thiophene rings is 1. The molecule has 0 saturated heterocycles. The molecule has 1 aromatic heterocycles. The van der Waals surface area contributed by atoms with Gasteiger partial charge in [0.15, 0.2) is 0 Å². The summed E-state index contributed by atoms with van der Waals surface area (Å²) in [4.78, 5) is 1.09. The maximum Gasteiger partial charge on any atom is 0.122 e. The van der Waals surface area contributed by atoms with E-state index in [1.807, 2.05) is 36.4 Å². The highest BCUT2D eigenvalue weighted by Gasteiger charge is 1.99. The van der Waals surface area contributed by atoms with E-state index in [1.165, 1.54) is 11.3 Å². The third-order valence-electron chi connectivity index (χ3n) is 2.12. The molecule has 2 rings (SSSR count). The number of hydrogen-bond donors (Lipinski definition) is 1. The van der Waals surface area contributed by atoms with E-state index in [-0.39, 0.29) is 6.61 Å². The van der Waals surface area contributed by atoms with E-state index in [4.69, 9.17) is 21.4 Å². The predicted octanol–water partition coefficient (Wildman–Crippen LogP) is 3.47. The summed E-state index contributed by atoms with van der Waals surface area (Å²) in [5, 5.41) is 8.89. The molecule has 2 aromatic rings. The molecule has 0 unspecified atom stereocenters. The molecule has 4 heteroatoms. The van der Waals surface area contributed by atoms with E-state index in [0.717, 1.165) is 20.5 Å². The smallest absolute Gasteiger partial charge is 0.122 e. The molecule has 84 valence electrons. The first kappa shape index (κ1) is 11.5. The van der Waals surface area contributed by atoms with Gasteiger partial charge in [0.25, 0.3) is 0 Å². The van der Waals surface area contributed by atoms with Crippen molar-refractivity contribution in [2.75, 3.05) is 0 Å². The van der Waals surface area contributed by atoms with Gasteiger partial charge in [-0.1, -0.05) is 23.7 Å². The molecule has 0 bridgehead atoms. The normalized spacial score (nSPS) is 10.4. The lowest BCUT2D eigenvalue weighted by Gasteiger charge is -2.04. The SMILES string of the molecule is OCc1ccc(OCc2ccc(Cl)s2)cc1. The highest BCUT2D eigenvalue weighted by molar-refractivity contribution is 7.16. The monoisotopic (exact) mass is 254 g/mol. The molecule has 0 saturated carbocycles. The molecule has 0 aliphatic carbocycles. The van der Waals surface area contributed by atoms with Crippen molar-refractivity contribution in [2.24, 2.45) is 0 Å². The molecule has 0 radical (unpaired) electrons. The summed E-state index contributed by atoms with van der Waals surface area (Å²) in [6.45, 7) is 0.580. The second kappa shape index (κ2) is 5.34. The zero-order valence-corrected chi connectivity index (χ0v) is 10.1. The molecule has 16 heavy (non-hydrogen) atoms. The van der Waals surface area contributed by atoms with Gasteiger partial charge in [-0.2, -0.15) is 0 Å². The van der Waals surface area contributed by atoms with Crippen LogP contribution in [-0.2, 0) is 13.2 Å². The average Bonchev–Trinajstić information content (AvgIpc) is 2.73. The number of benzene rings is 1. The molecule has 0 spiro atoms. The summed E-state index contributed by atoms with van der Waals surface area (Å²) in [6.07, 6.45) is 0. The van der Waals surface area contributed by atoms with Crippen molar-refractivity contribution in [3.05, 3.63) is 51.2 Å². The minimum atomic E-state index is 0.0564. The quantitative estimate of drug-likeness (QED) is 0.905. The maximum atomic E-state index is 8.89.